The van der Waals surface area contributed by atoms with Crippen LogP contribution in [-0.2, 0) is 9.53 Å². The van der Waals surface area contributed by atoms with Gasteiger partial charge in [0.1, 0.15) is 5.78 Å². The molecule has 0 bridgehead atoms. The third-order valence-electron chi connectivity index (χ3n) is 13.7. The number of rotatable bonds is 1. The third-order valence-corrected chi connectivity index (χ3v) is 13.7. The second-order valence-electron chi connectivity index (χ2n) is 15.5. The van der Waals surface area contributed by atoms with E-state index in [9.17, 15) is 15.0 Å². The summed E-state index contributed by atoms with van der Waals surface area (Å²) in [4.78, 5) is 12.9. The molecule has 0 aromatic carbocycles. The summed E-state index contributed by atoms with van der Waals surface area (Å²) in [5, 5.41) is 22.3. The highest BCUT2D eigenvalue weighted by molar-refractivity contribution is 5.86. The second-order valence-corrected chi connectivity index (χ2v) is 15.5. The highest BCUT2D eigenvalue weighted by atomic mass is 16.5. The summed E-state index contributed by atoms with van der Waals surface area (Å²) >= 11 is 0. The molecule has 1 heterocycles. The van der Waals surface area contributed by atoms with Crippen molar-refractivity contribution in [3.8, 4) is 0 Å². The zero-order chi connectivity index (χ0) is 24.7. The number of aliphatic hydroxyl groups is 2. The Morgan fingerprint density at radius 1 is 0.794 bits per heavy atom. The number of ketones is 1. The first-order valence-corrected chi connectivity index (χ1v) is 14.2. The van der Waals surface area contributed by atoms with Crippen LogP contribution in [0, 0.1) is 44.8 Å². The Morgan fingerprint density at radius 2 is 1.44 bits per heavy atom. The molecule has 5 aliphatic carbocycles. The normalized spacial score (nSPS) is 59.4. The average Bonchev–Trinajstić information content (AvgIpc) is 3.33. The molecule has 6 aliphatic rings. The summed E-state index contributed by atoms with van der Waals surface area (Å²) < 4.78 is 6.73. The Hall–Kier alpha value is -0.450. The van der Waals surface area contributed by atoms with Crippen LogP contribution in [0.3, 0.4) is 0 Å². The number of carbonyl (C=O) groups is 1. The fraction of sp³-hybridized carbons (Fsp3) is 0.967. The quantitative estimate of drug-likeness (QED) is 0.516. The van der Waals surface area contributed by atoms with Crippen molar-refractivity contribution >= 4 is 5.78 Å². The first-order valence-electron chi connectivity index (χ1n) is 14.2. The minimum atomic E-state index is -0.587. The van der Waals surface area contributed by atoms with E-state index in [0.717, 1.165) is 38.5 Å². The number of hydrogen-bond acceptors (Lipinski definition) is 4. The molecule has 1 aliphatic heterocycles. The van der Waals surface area contributed by atoms with Gasteiger partial charge in [-0.05, 0) is 112 Å². The lowest BCUT2D eigenvalue weighted by Gasteiger charge is -2.63. The predicted octanol–water partition coefficient (Wildman–Crippen LogP) is 5.67. The van der Waals surface area contributed by atoms with Crippen molar-refractivity contribution in [3.63, 3.8) is 0 Å². The Morgan fingerprint density at radius 3 is 2.12 bits per heavy atom. The van der Waals surface area contributed by atoms with Crippen LogP contribution >= 0.6 is 0 Å². The van der Waals surface area contributed by atoms with Gasteiger partial charge in [0, 0.05) is 17.8 Å². The molecule has 0 amide bonds. The molecule has 10 atom stereocenters. The second kappa shape index (κ2) is 6.51. The molecule has 2 N–H and O–H groups in total. The number of hydrogen-bond donors (Lipinski definition) is 2. The Bertz CT molecular complexity index is 925. The van der Waals surface area contributed by atoms with E-state index >= 15 is 0 Å². The van der Waals surface area contributed by atoms with Crippen LogP contribution < -0.4 is 0 Å². The standard InChI is InChI=1S/C30H48O4/c1-24(2)19-8-9-20-27(6)16-18(31)23(28(7)12-10-22(33)25(3,4)34-28)26(27,5)14-15-30(20)17-29(19,30)13-11-21(24)32/h18-20,22-23,31,33H,8-17H2,1-7H3/t18-,19-,20-,22-,23-,26+,27-,28-,29+,30-/m0/s1. The molecule has 5 saturated carbocycles. The van der Waals surface area contributed by atoms with Crippen LogP contribution in [0.15, 0.2) is 0 Å². The van der Waals surface area contributed by atoms with E-state index in [0.29, 0.717) is 28.4 Å². The fourth-order valence-electron chi connectivity index (χ4n) is 12.0. The van der Waals surface area contributed by atoms with Crippen molar-refractivity contribution in [2.24, 2.45) is 44.8 Å². The van der Waals surface area contributed by atoms with Gasteiger partial charge in [0.25, 0.3) is 0 Å². The molecular formula is C30H48O4. The van der Waals surface area contributed by atoms with Gasteiger partial charge in [-0.3, -0.25) is 4.79 Å². The highest BCUT2D eigenvalue weighted by Crippen LogP contribution is 2.89. The van der Waals surface area contributed by atoms with E-state index in [1.165, 1.54) is 25.7 Å². The molecular weight excluding hydrogens is 424 g/mol. The Balaban J connectivity index is 1.37. The molecule has 6 fully saturated rings. The van der Waals surface area contributed by atoms with Gasteiger partial charge in [0.05, 0.1) is 23.4 Å². The van der Waals surface area contributed by atoms with Gasteiger partial charge in [-0.1, -0.05) is 27.7 Å². The number of fused-ring (bicyclic) bond motifs is 2. The molecule has 0 radical (unpaired) electrons. The lowest BCUT2D eigenvalue weighted by Crippen LogP contribution is -2.62. The van der Waals surface area contributed by atoms with Gasteiger partial charge in [0.2, 0.25) is 0 Å². The van der Waals surface area contributed by atoms with E-state index < -0.39 is 17.3 Å². The summed E-state index contributed by atoms with van der Waals surface area (Å²) in [7, 11) is 0. The molecule has 0 aromatic rings. The summed E-state index contributed by atoms with van der Waals surface area (Å²) in [6.07, 6.45) is 9.54. The maximum absolute atomic E-state index is 12.9. The zero-order valence-corrected chi connectivity index (χ0v) is 22.7. The van der Waals surface area contributed by atoms with Crippen molar-refractivity contribution in [1.29, 1.82) is 0 Å². The minimum absolute atomic E-state index is 0.0199. The van der Waals surface area contributed by atoms with Crippen LogP contribution in [0.4, 0.5) is 0 Å². The van der Waals surface area contributed by atoms with Crippen molar-refractivity contribution in [1.82, 2.24) is 0 Å². The topological polar surface area (TPSA) is 66.8 Å². The van der Waals surface area contributed by atoms with E-state index in [-0.39, 0.29) is 28.3 Å². The number of ether oxygens (including phenoxy) is 1. The molecule has 4 nitrogen and oxygen atoms in total. The molecule has 34 heavy (non-hydrogen) atoms. The first kappa shape index (κ1) is 23.9. The van der Waals surface area contributed by atoms with E-state index in [2.05, 4.69) is 34.6 Å². The van der Waals surface area contributed by atoms with Gasteiger partial charge in [0.15, 0.2) is 0 Å². The maximum atomic E-state index is 12.9. The lowest BCUT2D eigenvalue weighted by molar-refractivity contribution is -0.262. The van der Waals surface area contributed by atoms with Crippen LogP contribution in [0.25, 0.3) is 0 Å². The number of Topliss-reactive ketones (excluding diaryl/α,β-unsaturated/α-hetero) is 1. The fourth-order valence-corrected chi connectivity index (χ4v) is 12.0. The van der Waals surface area contributed by atoms with Crippen molar-refractivity contribution < 1.29 is 19.7 Å². The SMILES string of the molecule is CC1(C)O[C@](C)([C@H]2[C@@H](O)C[C@@]3(C)[C@@H]4CC[C@H]5C(C)(C)C(=O)CC[C@@]56C[C@@]46CC[C@]23C)CC[C@@H]1O. The molecule has 0 aromatic heterocycles. The molecule has 1 saturated heterocycles. The summed E-state index contributed by atoms with van der Waals surface area (Å²) in [6.45, 7) is 15.7. The van der Waals surface area contributed by atoms with Crippen LogP contribution in [0.5, 0.6) is 0 Å². The van der Waals surface area contributed by atoms with E-state index in [4.69, 9.17) is 4.74 Å². The zero-order valence-electron chi connectivity index (χ0n) is 22.7. The number of aliphatic hydroxyl groups excluding tert-OH is 2. The lowest BCUT2D eigenvalue weighted by atomic mass is 9.41. The largest absolute Gasteiger partial charge is 0.393 e. The van der Waals surface area contributed by atoms with Gasteiger partial charge >= 0.3 is 0 Å². The van der Waals surface area contributed by atoms with Crippen LogP contribution in [0.1, 0.15) is 113 Å². The van der Waals surface area contributed by atoms with Crippen LogP contribution in [-0.4, -0.2) is 39.4 Å². The first-order chi connectivity index (χ1) is 15.6. The monoisotopic (exact) mass is 472 g/mol. The van der Waals surface area contributed by atoms with Crippen molar-refractivity contribution in [2.45, 2.75) is 136 Å². The molecule has 192 valence electrons. The molecule has 6 rings (SSSR count). The predicted molar refractivity (Wildman–Crippen MR) is 132 cm³/mol. The van der Waals surface area contributed by atoms with Gasteiger partial charge in [-0.25, -0.2) is 0 Å². The number of carbonyl (C=O) groups excluding carboxylic acids is 1. The average molecular weight is 473 g/mol. The van der Waals surface area contributed by atoms with Gasteiger partial charge < -0.3 is 14.9 Å². The van der Waals surface area contributed by atoms with Crippen LogP contribution in [0.2, 0.25) is 0 Å². The highest BCUT2D eigenvalue weighted by Gasteiger charge is 2.83. The Kier molecular flexibility index (Phi) is 4.58. The molecule has 0 unspecified atom stereocenters. The van der Waals surface area contributed by atoms with Gasteiger partial charge in [-0.15, -0.1) is 0 Å². The third kappa shape index (κ3) is 2.50. The van der Waals surface area contributed by atoms with Crippen molar-refractivity contribution in [3.05, 3.63) is 0 Å². The summed E-state index contributed by atoms with van der Waals surface area (Å²) in [5.41, 5.74) is -0.345. The molecule has 4 heteroatoms. The van der Waals surface area contributed by atoms with Crippen molar-refractivity contribution in [2.75, 3.05) is 0 Å². The maximum Gasteiger partial charge on any atom is 0.138 e. The minimum Gasteiger partial charge on any atom is -0.393 e. The Labute approximate surface area is 206 Å². The summed E-state index contributed by atoms with van der Waals surface area (Å²) in [5.74, 6) is 1.74. The van der Waals surface area contributed by atoms with Gasteiger partial charge in [-0.2, -0.15) is 0 Å². The molecule has 2 spiro atoms. The van der Waals surface area contributed by atoms with E-state index in [1.54, 1.807) is 0 Å². The summed E-state index contributed by atoms with van der Waals surface area (Å²) in [6, 6.07) is 0. The smallest absolute Gasteiger partial charge is 0.138 e. The van der Waals surface area contributed by atoms with E-state index in [1.807, 2.05) is 13.8 Å².